The number of rotatable bonds is 5. The second-order valence-corrected chi connectivity index (χ2v) is 8.25. The van der Waals surface area contributed by atoms with Crippen LogP contribution in [0.3, 0.4) is 0 Å². The van der Waals surface area contributed by atoms with E-state index in [1.807, 2.05) is 41.1 Å². The molecule has 0 radical (unpaired) electrons. The number of amides is 1. The maximum absolute atomic E-state index is 12.4. The average molecular weight is 406 g/mol. The molecule has 2 aromatic carbocycles. The molecule has 0 saturated carbocycles. The van der Waals surface area contributed by atoms with Gasteiger partial charge in [0.15, 0.2) is 6.61 Å². The van der Waals surface area contributed by atoms with Gasteiger partial charge in [0.25, 0.3) is 5.91 Å². The van der Waals surface area contributed by atoms with E-state index in [1.54, 1.807) is 17.0 Å². The van der Waals surface area contributed by atoms with Crippen LogP contribution in [0, 0.1) is 11.8 Å². The molecule has 3 aromatic rings. The maximum atomic E-state index is 12.4. The van der Waals surface area contributed by atoms with Gasteiger partial charge in [-0.3, -0.25) is 4.79 Å². The van der Waals surface area contributed by atoms with Crippen LogP contribution in [-0.2, 0) is 16.1 Å². The van der Waals surface area contributed by atoms with Gasteiger partial charge in [0.2, 0.25) is 0 Å². The van der Waals surface area contributed by atoms with Crippen molar-refractivity contribution < 1.29 is 14.3 Å². The van der Waals surface area contributed by atoms with Crippen molar-refractivity contribution in [1.82, 2.24) is 19.9 Å². The van der Waals surface area contributed by atoms with E-state index in [1.165, 1.54) is 0 Å². The van der Waals surface area contributed by atoms with Crippen LogP contribution >= 0.6 is 0 Å². The van der Waals surface area contributed by atoms with Gasteiger partial charge in [0.05, 0.1) is 17.6 Å². The Balaban J connectivity index is 1.33. The second kappa shape index (κ2) is 8.65. The Labute approximate surface area is 175 Å². The molecule has 0 bridgehead atoms. The first-order chi connectivity index (χ1) is 14.5. The van der Waals surface area contributed by atoms with Gasteiger partial charge < -0.3 is 9.64 Å². The van der Waals surface area contributed by atoms with Gasteiger partial charge in [-0.25, -0.2) is 9.48 Å². The number of hydrogen-bond acceptors (Lipinski definition) is 5. The Morgan fingerprint density at radius 1 is 1.03 bits per heavy atom. The lowest BCUT2D eigenvalue weighted by Crippen LogP contribution is -2.44. The Morgan fingerprint density at radius 2 is 1.73 bits per heavy atom. The molecule has 30 heavy (non-hydrogen) atoms. The summed E-state index contributed by atoms with van der Waals surface area (Å²) in [4.78, 5) is 26.5. The summed E-state index contributed by atoms with van der Waals surface area (Å²) in [5.41, 5.74) is 3.23. The average Bonchev–Trinajstić information content (AvgIpc) is 3.14. The Hall–Kier alpha value is -3.22. The van der Waals surface area contributed by atoms with Crippen molar-refractivity contribution in [3.05, 3.63) is 59.7 Å². The van der Waals surface area contributed by atoms with Gasteiger partial charge in [-0.05, 0) is 48.1 Å². The SMILES string of the molecule is C[C@H]1C[C@H](C)CN(C(=O)COC(=O)c2ccc(Cn3nnc4ccccc43)cc2)C1. The molecular formula is C23H26N4O3. The third-order valence-corrected chi connectivity index (χ3v) is 5.49. The minimum absolute atomic E-state index is 0.128. The number of likely N-dealkylation sites (tertiary alicyclic amines) is 1. The molecule has 2 heterocycles. The number of carbonyl (C=O) groups excluding carboxylic acids is 2. The molecular weight excluding hydrogens is 380 g/mol. The Bertz CT molecular complexity index is 1030. The van der Waals surface area contributed by atoms with E-state index in [0.29, 0.717) is 23.9 Å². The number of carbonyl (C=O) groups is 2. The quantitative estimate of drug-likeness (QED) is 0.609. The fourth-order valence-electron chi connectivity index (χ4n) is 4.12. The molecule has 1 aliphatic heterocycles. The van der Waals surface area contributed by atoms with Gasteiger partial charge in [0, 0.05) is 13.1 Å². The van der Waals surface area contributed by atoms with Crippen molar-refractivity contribution in [2.24, 2.45) is 11.8 Å². The maximum Gasteiger partial charge on any atom is 0.338 e. The van der Waals surface area contributed by atoms with Gasteiger partial charge >= 0.3 is 5.97 Å². The number of aromatic nitrogens is 3. The minimum atomic E-state index is -0.487. The van der Waals surface area contributed by atoms with Gasteiger partial charge in [-0.15, -0.1) is 5.10 Å². The zero-order valence-corrected chi connectivity index (χ0v) is 17.3. The number of para-hydroxylation sites is 1. The van der Waals surface area contributed by atoms with Gasteiger partial charge in [-0.2, -0.15) is 0 Å². The predicted octanol–water partition coefficient (Wildman–Crippen LogP) is 3.14. The normalized spacial score (nSPS) is 19.1. The molecule has 0 aliphatic carbocycles. The van der Waals surface area contributed by atoms with E-state index in [2.05, 4.69) is 24.2 Å². The van der Waals surface area contributed by atoms with Crippen molar-refractivity contribution >= 4 is 22.9 Å². The highest BCUT2D eigenvalue weighted by molar-refractivity contribution is 5.91. The number of benzene rings is 2. The molecule has 1 amide bonds. The van der Waals surface area contributed by atoms with Crippen molar-refractivity contribution in [2.75, 3.05) is 19.7 Å². The fraction of sp³-hybridized carbons (Fsp3) is 0.391. The monoisotopic (exact) mass is 406 g/mol. The van der Waals surface area contributed by atoms with Crippen LogP contribution in [0.15, 0.2) is 48.5 Å². The van der Waals surface area contributed by atoms with Crippen LogP contribution in [0.4, 0.5) is 0 Å². The molecule has 1 aromatic heterocycles. The molecule has 1 saturated heterocycles. The topological polar surface area (TPSA) is 77.3 Å². The number of fused-ring (bicyclic) bond motifs is 1. The fourth-order valence-corrected chi connectivity index (χ4v) is 4.12. The number of ether oxygens (including phenoxy) is 1. The first-order valence-electron chi connectivity index (χ1n) is 10.3. The van der Waals surface area contributed by atoms with E-state index in [4.69, 9.17) is 4.74 Å². The summed E-state index contributed by atoms with van der Waals surface area (Å²) in [6, 6.07) is 14.9. The summed E-state index contributed by atoms with van der Waals surface area (Å²) in [5, 5.41) is 8.34. The number of piperidine rings is 1. The largest absolute Gasteiger partial charge is 0.452 e. The van der Waals surface area contributed by atoms with Gasteiger partial charge in [0.1, 0.15) is 5.52 Å². The van der Waals surface area contributed by atoms with Crippen molar-refractivity contribution in [1.29, 1.82) is 0 Å². The molecule has 7 nitrogen and oxygen atoms in total. The van der Waals surface area contributed by atoms with Crippen molar-refractivity contribution in [3.63, 3.8) is 0 Å². The summed E-state index contributed by atoms with van der Waals surface area (Å²) in [6.45, 7) is 6.08. The summed E-state index contributed by atoms with van der Waals surface area (Å²) in [7, 11) is 0. The summed E-state index contributed by atoms with van der Waals surface area (Å²) < 4.78 is 7.08. The lowest BCUT2D eigenvalue weighted by atomic mass is 9.92. The predicted molar refractivity (Wildman–Crippen MR) is 113 cm³/mol. The van der Waals surface area contributed by atoms with Crippen LogP contribution in [-0.4, -0.2) is 51.5 Å². The minimum Gasteiger partial charge on any atom is -0.452 e. The summed E-state index contributed by atoms with van der Waals surface area (Å²) in [5.74, 6) is 0.335. The standard InChI is InChI=1S/C23H26N4O3/c1-16-11-17(2)13-26(12-16)22(28)15-30-23(29)19-9-7-18(8-10-19)14-27-21-6-4-3-5-20(21)24-25-27/h3-10,16-17H,11-15H2,1-2H3/t16-,17-/m0/s1. The van der Waals surface area contributed by atoms with Crippen LogP contribution in [0.1, 0.15) is 36.2 Å². The molecule has 7 heteroatoms. The second-order valence-electron chi connectivity index (χ2n) is 8.25. The molecule has 156 valence electrons. The molecule has 0 spiro atoms. The molecule has 4 rings (SSSR count). The molecule has 0 N–H and O–H groups in total. The van der Waals surface area contributed by atoms with Crippen molar-refractivity contribution in [2.45, 2.75) is 26.8 Å². The third kappa shape index (κ3) is 4.50. The van der Waals surface area contributed by atoms with Crippen LogP contribution < -0.4 is 0 Å². The summed E-state index contributed by atoms with van der Waals surface area (Å²) >= 11 is 0. The lowest BCUT2D eigenvalue weighted by Gasteiger charge is -2.34. The molecule has 1 fully saturated rings. The van der Waals surface area contributed by atoms with Gasteiger partial charge in [-0.1, -0.05) is 43.3 Å². The number of nitrogens with zero attached hydrogens (tertiary/aromatic N) is 4. The lowest BCUT2D eigenvalue weighted by molar-refractivity contribution is -0.137. The number of esters is 1. The third-order valence-electron chi connectivity index (χ3n) is 5.49. The zero-order chi connectivity index (χ0) is 21.1. The molecule has 1 aliphatic rings. The first kappa shape index (κ1) is 20.1. The Kier molecular flexibility index (Phi) is 5.79. The first-order valence-corrected chi connectivity index (χ1v) is 10.3. The van der Waals surface area contributed by atoms with Crippen molar-refractivity contribution in [3.8, 4) is 0 Å². The highest BCUT2D eigenvalue weighted by Gasteiger charge is 2.26. The van der Waals surface area contributed by atoms with E-state index >= 15 is 0 Å². The highest BCUT2D eigenvalue weighted by atomic mass is 16.5. The van der Waals surface area contributed by atoms with Crippen LogP contribution in [0.5, 0.6) is 0 Å². The zero-order valence-electron chi connectivity index (χ0n) is 17.3. The van der Waals surface area contributed by atoms with Crippen LogP contribution in [0.2, 0.25) is 0 Å². The van der Waals surface area contributed by atoms with E-state index in [9.17, 15) is 9.59 Å². The molecule has 0 unspecified atom stereocenters. The van der Waals surface area contributed by atoms with E-state index in [-0.39, 0.29) is 12.5 Å². The Morgan fingerprint density at radius 3 is 2.47 bits per heavy atom. The molecule has 2 atom stereocenters. The van der Waals surface area contributed by atoms with E-state index in [0.717, 1.165) is 36.1 Å². The summed E-state index contributed by atoms with van der Waals surface area (Å²) in [6.07, 6.45) is 1.13. The van der Waals surface area contributed by atoms with E-state index < -0.39 is 5.97 Å². The smallest absolute Gasteiger partial charge is 0.338 e. The highest BCUT2D eigenvalue weighted by Crippen LogP contribution is 2.21. The van der Waals surface area contributed by atoms with Crippen LogP contribution in [0.25, 0.3) is 11.0 Å². The number of hydrogen-bond donors (Lipinski definition) is 0.